The average Bonchev–Trinajstić information content (AvgIpc) is 2.18. The van der Waals surface area contributed by atoms with Gasteiger partial charge in [-0.25, -0.2) is 0 Å². The van der Waals surface area contributed by atoms with Crippen molar-refractivity contribution in [2.75, 3.05) is 7.11 Å². The summed E-state index contributed by atoms with van der Waals surface area (Å²) >= 11 is 0. The molecule has 0 fully saturated rings. The van der Waals surface area contributed by atoms with Gasteiger partial charge in [0.15, 0.2) is 0 Å². The molecule has 0 bridgehead atoms. The molecular formula is C13H19NO3. The maximum atomic E-state index is 11.7. The van der Waals surface area contributed by atoms with Gasteiger partial charge in [-0.2, -0.15) is 0 Å². The minimum Gasteiger partial charge on any atom is -0.496 e. The number of carbonyl (C=O) groups is 1. The van der Waals surface area contributed by atoms with Gasteiger partial charge >= 0.3 is 5.97 Å². The van der Waals surface area contributed by atoms with Crippen LogP contribution in [0.25, 0.3) is 0 Å². The summed E-state index contributed by atoms with van der Waals surface area (Å²) in [6.07, 6.45) is 1.80. The number of rotatable bonds is 3. The topological polar surface area (TPSA) is 48.4 Å². The number of pyridine rings is 1. The van der Waals surface area contributed by atoms with Crippen LogP contribution in [0, 0.1) is 6.92 Å². The molecule has 0 aliphatic heterocycles. The van der Waals surface area contributed by atoms with Crippen molar-refractivity contribution < 1.29 is 14.3 Å². The van der Waals surface area contributed by atoms with E-state index in [0.717, 1.165) is 11.3 Å². The molecule has 0 spiro atoms. The van der Waals surface area contributed by atoms with E-state index in [-0.39, 0.29) is 12.4 Å². The van der Waals surface area contributed by atoms with Crippen LogP contribution in [-0.4, -0.2) is 23.7 Å². The maximum Gasteiger partial charge on any atom is 0.312 e. The maximum absolute atomic E-state index is 11.7. The Labute approximate surface area is 102 Å². The van der Waals surface area contributed by atoms with Gasteiger partial charge in [0.1, 0.15) is 11.4 Å². The molecule has 0 aromatic carbocycles. The number of hydrogen-bond donors (Lipinski definition) is 0. The Kier molecular flexibility index (Phi) is 4.10. The molecule has 4 heteroatoms. The molecule has 1 heterocycles. The van der Waals surface area contributed by atoms with Crippen LogP contribution < -0.4 is 4.74 Å². The summed E-state index contributed by atoms with van der Waals surface area (Å²) in [6.45, 7) is 7.41. The zero-order chi connectivity index (χ0) is 13.1. The van der Waals surface area contributed by atoms with Gasteiger partial charge in [0, 0.05) is 11.8 Å². The molecule has 1 rings (SSSR count). The van der Waals surface area contributed by atoms with Crippen molar-refractivity contribution in [1.29, 1.82) is 0 Å². The normalized spacial score (nSPS) is 11.1. The molecule has 0 amide bonds. The third kappa shape index (κ3) is 4.06. The van der Waals surface area contributed by atoms with Crippen LogP contribution >= 0.6 is 0 Å². The van der Waals surface area contributed by atoms with Crippen LogP contribution in [0.1, 0.15) is 32.0 Å². The Morgan fingerprint density at radius 2 is 2.06 bits per heavy atom. The minimum absolute atomic E-state index is 0.167. The van der Waals surface area contributed by atoms with Crippen molar-refractivity contribution >= 4 is 5.97 Å². The van der Waals surface area contributed by atoms with E-state index in [1.54, 1.807) is 19.4 Å². The van der Waals surface area contributed by atoms with Gasteiger partial charge in [0.05, 0.1) is 19.2 Å². The lowest BCUT2D eigenvalue weighted by molar-refractivity contribution is -0.154. The molecule has 0 aliphatic rings. The predicted molar refractivity (Wildman–Crippen MR) is 65.1 cm³/mol. The molecule has 0 radical (unpaired) electrons. The van der Waals surface area contributed by atoms with Gasteiger partial charge in [-0.1, -0.05) is 0 Å². The van der Waals surface area contributed by atoms with Crippen molar-refractivity contribution in [3.8, 4) is 5.75 Å². The number of methoxy groups -OCH3 is 1. The van der Waals surface area contributed by atoms with E-state index in [4.69, 9.17) is 9.47 Å². The number of hydrogen-bond acceptors (Lipinski definition) is 4. The molecule has 1 aromatic heterocycles. The summed E-state index contributed by atoms with van der Waals surface area (Å²) in [5, 5.41) is 0. The average molecular weight is 237 g/mol. The summed E-state index contributed by atoms with van der Waals surface area (Å²) < 4.78 is 10.4. The first-order valence-corrected chi connectivity index (χ1v) is 5.54. The van der Waals surface area contributed by atoms with E-state index in [0.29, 0.717) is 5.69 Å². The van der Waals surface area contributed by atoms with E-state index < -0.39 is 5.60 Å². The highest BCUT2D eigenvalue weighted by atomic mass is 16.6. The molecule has 0 atom stereocenters. The summed E-state index contributed by atoms with van der Waals surface area (Å²) in [5.41, 5.74) is 1.10. The molecule has 0 aliphatic carbocycles. The van der Waals surface area contributed by atoms with E-state index in [1.165, 1.54) is 0 Å². The standard InChI is InChI=1S/C13H19NO3/c1-9-10(14-7-6-11(9)16-5)8-12(15)17-13(2,3)4/h6-7H,8H2,1-5H3. The van der Waals surface area contributed by atoms with Crippen molar-refractivity contribution in [2.45, 2.75) is 39.7 Å². The zero-order valence-electron chi connectivity index (χ0n) is 11.0. The van der Waals surface area contributed by atoms with Crippen LogP contribution in [0.5, 0.6) is 5.75 Å². The first-order chi connectivity index (χ1) is 7.83. The Hall–Kier alpha value is -1.58. The fourth-order valence-electron chi connectivity index (χ4n) is 1.47. The largest absolute Gasteiger partial charge is 0.496 e. The highest BCUT2D eigenvalue weighted by Crippen LogP contribution is 2.20. The highest BCUT2D eigenvalue weighted by molar-refractivity contribution is 5.73. The first-order valence-electron chi connectivity index (χ1n) is 5.54. The summed E-state index contributed by atoms with van der Waals surface area (Å²) in [7, 11) is 1.60. The third-order valence-electron chi connectivity index (χ3n) is 2.21. The molecule has 0 saturated carbocycles. The van der Waals surface area contributed by atoms with Crippen LogP contribution in [0.3, 0.4) is 0 Å². The van der Waals surface area contributed by atoms with Crippen LogP contribution in [0.2, 0.25) is 0 Å². The lowest BCUT2D eigenvalue weighted by Crippen LogP contribution is -2.25. The van der Waals surface area contributed by atoms with Crippen LogP contribution in [0.15, 0.2) is 12.3 Å². The van der Waals surface area contributed by atoms with Gasteiger partial charge in [-0.15, -0.1) is 0 Å². The molecule has 0 unspecified atom stereocenters. The van der Waals surface area contributed by atoms with E-state index in [2.05, 4.69) is 4.98 Å². The first kappa shape index (κ1) is 13.5. The monoisotopic (exact) mass is 237 g/mol. The number of carbonyl (C=O) groups excluding carboxylic acids is 1. The number of nitrogens with zero attached hydrogens (tertiary/aromatic N) is 1. The lowest BCUT2D eigenvalue weighted by atomic mass is 10.1. The number of aromatic nitrogens is 1. The molecule has 1 aromatic rings. The van der Waals surface area contributed by atoms with Gasteiger partial charge in [-0.3, -0.25) is 9.78 Å². The summed E-state index contributed by atoms with van der Waals surface area (Å²) in [6, 6.07) is 1.77. The van der Waals surface area contributed by atoms with Gasteiger partial charge in [-0.05, 0) is 33.8 Å². The molecular weight excluding hydrogens is 218 g/mol. The van der Waals surface area contributed by atoms with E-state index in [9.17, 15) is 4.79 Å². The summed E-state index contributed by atoms with van der Waals surface area (Å²) in [4.78, 5) is 15.9. The third-order valence-corrected chi connectivity index (χ3v) is 2.21. The van der Waals surface area contributed by atoms with Crippen molar-refractivity contribution in [1.82, 2.24) is 4.98 Å². The second kappa shape index (κ2) is 5.17. The second-order valence-corrected chi connectivity index (χ2v) is 4.85. The van der Waals surface area contributed by atoms with Crippen molar-refractivity contribution in [3.05, 3.63) is 23.5 Å². The molecule has 17 heavy (non-hydrogen) atoms. The Bertz CT molecular complexity index is 408. The summed E-state index contributed by atoms with van der Waals surface area (Å²) in [5.74, 6) is 0.458. The fraction of sp³-hybridized carbons (Fsp3) is 0.538. The van der Waals surface area contributed by atoms with Crippen LogP contribution in [-0.2, 0) is 16.0 Å². The Morgan fingerprint density at radius 1 is 1.41 bits per heavy atom. The predicted octanol–water partition coefficient (Wildman–Crippen LogP) is 2.28. The van der Waals surface area contributed by atoms with Crippen molar-refractivity contribution in [3.63, 3.8) is 0 Å². The van der Waals surface area contributed by atoms with Gasteiger partial charge in [0.25, 0.3) is 0 Å². The molecule has 0 N–H and O–H groups in total. The molecule has 4 nitrogen and oxygen atoms in total. The zero-order valence-corrected chi connectivity index (χ0v) is 11.0. The Morgan fingerprint density at radius 3 is 2.59 bits per heavy atom. The Balaban J connectivity index is 2.79. The minimum atomic E-state index is -0.468. The lowest BCUT2D eigenvalue weighted by Gasteiger charge is -2.19. The van der Waals surface area contributed by atoms with Gasteiger partial charge in [0.2, 0.25) is 0 Å². The van der Waals surface area contributed by atoms with Gasteiger partial charge < -0.3 is 9.47 Å². The highest BCUT2D eigenvalue weighted by Gasteiger charge is 2.18. The quantitative estimate of drug-likeness (QED) is 0.757. The molecule has 94 valence electrons. The SMILES string of the molecule is COc1ccnc(CC(=O)OC(C)(C)C)c1C. The number of esters is 1. The van der Waals surface area contributed by atoms with E-state index in [1.807, 2.05) is 27.7 Å². The smallest absolute Gasteiger partial charge is 0.312 e. The molecule has 0 saturated heterocycles. The fourth-order valence-corrected chi connectivity index (χ4v) is 1.47. The second-order valence-electron chi connectivity index (χ2n) is 4.85. The number of ether oxygens (including phenoxy) is 2. The van der Waals surface area contributed by atoms with Crippen molar-refractivity contribution in [2.24, 2.45) is 0 Å². The van der Waals surface area contributed by atoms with Crippen LogP contribution in [0.4, 0.5) is 0 Å². The van der Waals surface area contributed by atoms with E-state index >= 15 is 0 Å².